The largest absolute Gasteiger partial charge is 0.481 e. The number of carbonyl (C=O) groups is 1. The van der Waals surface area contributed by atoms with Crippen LogP contribution in [0.25, 0.3) is 11.3 Å². The molecule has 0 unspecified atom stereocenters. The number of hydrogen-bond donors (Lipinski definition) is 2. The van der Waals surface area contributed by atoms with E-state index in [2.05, 4.69) is 9.97 Å². The summed E-state index contributed by atoms with van der Waals surface area (Å²) >= 11 is 6.05. The van der Waals surface area contributed by atoms with Crippen LogP contribution in [-0.4, -0.2) is 23.4 Å². The van der Waals surface area contributed by atoms with Gasteiger partial charge in [-0.3, -0.25) is 9.80 Å². The third-order valence-electron chi connectivity index (χ3n) is 2.79. The van der Waals surface area contributed by atoms with Crippen LogP contribution in [0.3, 0.4) is 0 Å². The van der Waals surface area contributed by atoms with Crippen molar-refractivity contribution in [3.05, 3.63) is 47.5 Å². The number of aromatic nitrogens is 2. The molecule has 0 radical (unpaired) electrons. The van der Waals surface area contributed by atoms with Crippen LogP contribution in [-0.2, 0) is 4.79 Å². The second kappa shape index (κ2) is 6.88. The molecule has 0 saturated heterocycles. The predicted octanol–water partition coefficient (Wildman–Crippen LogP) is 1.48. The lowest BCUT2D eigenvalue weighted by molar-refractivity contribution is -0.105. The number of hydrogen-bond acceptors (Lipinski definition) is 7. The van der Waals surface area contributed by atoms with Gasteiger partial charge in [0.15, 0.2) is 6.29 Å². The van der Waals surface area contributed by atoms with E-state index in [1.165, 1.54) is 24.6 Å². The summed E-state index contributed by atoms with van der Waals surface area (Å²) in [6.45, 7) is 0. The Hall–Kier alpha value is -2.64. The van der Waals surface area contributed by atoms with E-state index in [9.17, 15) is 4.79 Å². The van der Waals surface area contributed by atoms with Gasteiger partial charge in [-0.05, 0) is 18.2 Å². The number of nitrogens with two attached hydrogens (primary N) is 2. The van der Waals surface area contributed by atoms with Gasteiger partial charge in [-0.15, -0.1) is 0 Å². The van der Waals surface area contributed by atoms with Crippen molar-refractivity contribution in [2.24, 2.45) is 11.6 Å². The van der Waals surface area contributed by atoms with Gasteiger partial charge in [0.25, 0.3) is 0 Å². The maximum absolute atomic E-state index is 10.6. The van der Waals surface area contributed by atoms with E-state index in [0.29, 0.717) is 34.1 Å². The lowest BCUT2D eigenvalue weighted by atomic mass is 10.1. The van der Waals surface area contributed by atoms with Gasteiger partial charge in [0, 0.05) is 22.9 Å². The number of ether oxygens (including phenoxy) is 1. The molecule has 8 heteroatoms. The molecule has 0 atom stereocenters. The molecule has 0 bridgehead atoms. The maximum atomic E-state index is 10.6. The topological polar surface area (TPSA) is 107 Å². The van der Waals surface area contributed by atoms with E-state index in [1.807, 2.05) is 0 Å². The third-order valence-corrected chi connectivity index (χ3v) is 3.02. The molecule has 0 amide bonds. The zero-order chi connectivity index (χ0) is 16.1. The molecule has 0 spiro atoms. The Bertz CT molecular complexity index is 720. The van der Waals surface area contributed by atoms with E-state index in [1.54, 1.807) is 24.3 Å². The Kier molecular flexibility index (Phi) is 4.92. The zero-order valence-electron chi connectivity index (χ0n) is 11.7. The molecule has 2 rings (SSSR count). The molecule has 1 aromatic heterocycles. The van der Waals surface area contributed by atoms with Crippen molar-refractivity contribution in [2.75, 3.05) is 12.1 Å². The number of benzene rings is 1. The SMILES string of the molecule is COc1cc(-c2cc(Cl)ccc2N(N)/C=C(\N)C=O)ncn1. The minimum absolute atomic E-state index is 0.0105. The fourth-order valence-electron chi connectivity index (χ4n) is 1.80. The van der Waals surface area contributed by atoms with Gasteiger partial charge in [-0.1, -0.05) is 11.6 Å². The Morgan fingerprint density at radius 1 is 1.36 bits per heavy atom. The van der Waals surface area contributed by atoms with Crippen molar-refractivity contribution in [2.45, 2.75) is 0 Å². The lowest BCUT2D eigenvalue weighted by Crippen LogP contribution is -2.26. The lowest BCUT2D eigenvalue weighted by Gasteiger charge is -2.18. The summed E-state index contributed by atoms with van der Waals surface area (Å²) in [6, 6.07) is 6.71. The van der Waals surface area contributed by atoms with E-state index in [4.69, 9.17) is 27.9 Å². The fraction of sp³-hybridized carbons (Fsp3) is 0.0714. The number of nitrogens with zero attached hydrogens (tertiary/aromatic N) is 3. The highest BCUT2D eigenvalue weighted by Crippen LogP contribution is 2.32. The highest BCUT2D eigenvalue weighted by Gasteiger charge is 2.12. The monoisotopic (exact) mass is 319 g/mol. The minimum Gasteiger partial charge on any atom is -0.481 e. The van der Waals surface area contributed by atoms with Crippen molar-refractivity contribution in [3.63, 3.8) is 0 Å². The average Bonchev–Trinajstić information content (AvgIpc) is 2.54. The van der Waals surface area contributed by atoms with E-state index >= 15 is 0 Å². The molecule has 2 aromatic rings. The second-order valence-corrected chi connectivity index (χ2v) is 4.70. The van der Waals surface area contributed by atoms with Crippen molar-refractivity contribution in [1.82, 2.24) is 9.97 Å². The number of rotatable bonds is 5. The van der Waals surface area contributed by atoms with Gasteiger partial charge in [-0.2, -0.15) is 0 Å². The van der Waals surface area contributed by atoms with Gasteiger partial charge in [0.2, 0.25) is 5.88 Å². The molecule has 22 heavy (non-hydrogen) atoms. The third kappa shape index (κ3) is 3.51. The number of halogens is 1. The summed E-state index contributed by atoms with van der Waals surface area (Å²) < 4.78 is 5.08. The first-order chi connectivity index (χ1) is 10.5. The molecule has 4 N–H and O–H groups in total. The molecule has 1 heterocycles. The molecule has 0 aliphatic heterocycles. The molecule has 1 aromatic carbocycles. The van der Waals surface area contributed by atoms with Gasteiger partial charge >= 0.3 is 0 Å². The fourth-order valence-corrected chi connectivity index (χ4v) is 1.97. The van der Waals surface area contributed by atoms with Crippen molar-refractivity contribution in [1.29, 1.82) is 0 Å². The number of methoxy groups -OCH3 is 1. The molecule has 0 saturated carbocycles. The molecule has 0 aliphatic rings. The molecule has 114 valence electrons. The summed E-state index contributed by atoms with van der Waals surface area (Å²) in [6.07, 6.45) is 3.18. The first-order valence-corrected chi connectivity index (χ1v) is 6.55. The molecule has 0 aliphatic carbocycles. The molecular weight excluding hydrogens is 306 g/mol. The number of carbonyl (C=O) groups excluding carboxylic acids is 1. The van der Waals surface area contributed by atoms with Crippen molar-refractivity contribution >= 4 is 23.6 Å². The van der Waals surface area contributed by atoms with Gasteiger partial charge in [-0.25, -0.2) is 15.8 Å². The summed E-state index contributed by atoms with van der Waals surface area (Å²) in [5.74, 6) is 6.34. The number of allylic oxidation sites excluding steroid dienone is 1. The van der Waals surface area contributed by atoms with Crippen LogP contribution in [0.5, 0.6) is 5.88 Å². The van der Waals surface area contributed by atoms with Crippen LogP contribution in [0.4, 0.5) is 5.69 Å². The maximum Gasteiger partial charge on any atom is 0.216 e. The highest BCUT2D eigenvalue weighted by molar-refractivity contribution is 6.31. The highest BCUT2D eigenvalue weighted by atomic mass is 35.5. The van der Waals surface area contributed by atoms with Crippen LogP contribution >= 0.6 is 11.6 Å². The number of anilines is 1. The summed E-state index contributed by atoms with van der Waals surface area (Å²) in [4.78, 5) is 18.8. The summed E-state index contributed by atoms with van der Waals surface area (Å²) in [5, 5.41) is 1.74. The summed E-state index contributed by atoms with van der Waals surface area (Å²) in [7, 11) is 1.51. The normalized spacial score (nSPS) is 11.1. The summed E-state index contributed by atoms with van der Waals surface area (Å²) in [5.41, 5.74) is 7.24. The minimum atomic E-state index is -0.0105. The Balaban J connectivity index is 2.54. The van der Waals surface area contributed by atoms with Crippen LogP contribution in [0.15, 0.2) is 42.5 Å². The second-order valence-electron chi connectivity index (χ2n) is 4.26. The Morgan fingerprint density at radius 2 is 2.14 bits per heavy atom. The molecule has 7 nitrogen and oxygen atoms in total. The smallest absolute Gasteiger partial charge is 0.216 e. The quantitative estimate of drug-likeness (QED) is 0.372. The van der Waals surface area contributed by atoms with Crippen LogP contribution in [0, 0.1) is 0 Å². The van der Waals surface area contributed by atoms with Crippen LogP contribution in [0.2, 0.25) is 5.02 Å². The molecule has 0 fully saturated rings. The van der Waals surface area contributed by atoms with Crippen molar-refractivity contribution < 1.29 is 9.53 Å². The van der Waals surface area contributed by atoms with Crippen LogP contribution < -0.4 is 21.3 Å². The molecular formula is C14H14ClN5O2. The number of hydrazine groups is 1. The predicted molar refractivity (Wildman–Crippen MR) is 84.0 cm³/mol. The van der Waals surface area contributed by atoms with Gasteiger partial charge < -0.3 is 10.5 Å². The van der Waals surface area contributed by atoms with Crippen molar-refractivity contribution in [3.8, 4) is 17.1 Å². The Labute approximate surface area is 132 Å². The van der Waals surface area contributed by atoms with E-state index < -0.39 is 0 Å². The van der Waals surface area contributed by atoms with E-state index in [-0.39, 0.29) is 5.70 Å². The first kappa shape index (κ1) is 15.7. The van der Waals surface area contributed by atoms with Gasteiger partial charge in [0.05, 0.1) is 24.2 Å². The Morgan fingerprint density at radius 3 is 2.82 bits per heavy atom. The standard InChI is InChI=1S/C14H14ClN5O2/c1-22-14-5-12(18-8-19-14)11-4-9(15)2-3-13(11)20(17)6-10(16)7-21/h2-8H,16-17H2,1H3/b10-6-. The van der Waals surface area contributed by atoms with E-state index in [0.717, 1.165) is 0 Å². The zero-order valence-corrected chi connectivity index (χ0v) is 12.5. The average molecular weight is 320 g/mol. The number of aldehydes is 1. The first-order valence-electron chi connectivity index (χ1n) is 6.17. The van der Waals surface area contributed by atoms with Gasteiger partial charge in [0.1, 0.15) is 6.33 Å². The van der Waals surface area contributed by atoms with Crippen LogP contribution in [0.1, 0.15) is 0 Å².